The Kier molecular flexibility index (Phi) is 5.86. The SMILES string of the molecule is Clc1ccc(COc2ccc3ccccc3c2CNCc2ccccn2)cc1. The molecule has 0 unspecified atom stereocenters. The molecule has 28 heavy (non-hydrogen) atoms. The average Bonchev–Trinajstić information content (AvgIpc) is 2.75. The van der Waals surface area contributed by atoms with Crippen LogP contribution in [0, 0.1) is 0 Å². The molecule has 4 heteroatoms. The highest BCUT2D eigenvalue weighted by atomic mass is 35.5. The number of nitrogens with one attached hydrogen (secondary N) is 1. The fraction of sp³-hybridized carbons (Fsp3) is 0.125. The first-order valence-electron chi connectivity index (χ1n) is 9.28. The summed E-state index contributed by atoms with van der Waals surface area (Å²) in [7, 11) is 0. The molecule has 1 N–H and O–H groups in total. The molecular formula is C24H21ClN2O. The van der Waals surface area contributed by atoms with E-state index < -0.39 is 0 Å². The molecule has 0 amide bonds. The largest absolute Gasteiger partial charge is 0.489 e. The van der Waals surface area contributed by atoms with Crippen LogP contribution in [-0.2, 0) is 19.7 Å². The number of benzene rings is 3. The third-order valence-corrected chi connectivity index (χ3v) is 4.89. The minimum Gasteiger partial charge on any atom is -0.489 e. The van der Waals surface area contributed by atoms with Crippen LogP contribution in [0.25, 0.3) is 10.8 Å². The zero-order valence-electron chi connectivity index (χ0n) is 15.4. The van der Waals surface area contributed by atoms with Crippen molar-refractivity contribution in [2.45, 2.75) is 19.7 Å². The van der Waals surface area contributed by atoms with Gasteiger partial charge in [0.25, 0.3) is 0 Å². The third kappa shape index (κ3) is 4.50. The lowest BCUT2D eigenvalue weighted by Gasteiger charge is -2.15. The molecule has 0 spiro atoms. The van der Waals surface area contributed by atoms with Gasteiger partial charge in [0.05, 0.1) is 5.69 Å². The Balaban J connectivity index is 1.54. The number of hydrogen-bond donors (Lipinski definition) is 1. The lowest BCUT2D eigenvalue weighted by Crippen LogP contribution is -2.15. The van der Waals surface area contributed by atoms with Crippen molar-refractivity contribution in [3.63, 3.8) is 0 Å². The van der Waals surface area contributed by atoms with E-state index in [1.165, 1.54) is 10.8 Å². The van der Waals surface area contributed by atoms with Crippen LogP contribution in [0.2, 0.25) is 5.02 Å². The van der Waals surface area contributed by atoms with E-state index in [9.17, 15) is 0 Å². The van der Waals surface area contributed by atoms with Crippen molar-refractivity contribution in [1.82, 2.24) is 10.3 Å². The smallest absolute Gasteiger partial charge is 0.124 e. The fourth-order valence-corrected chi connectivity index (χ4v) is 3.32. The molecule has 0 aliphatic heterocycles. The maximum atomic E-state index is 6.18. The predicted molar refractivity (Wildman–Crippen MR) is 115 cm³/mol. The second-order valence-corrected chi connectivity index (χ2v) is 7.04. The van der Waals surface area contributed by atoms with E-state index in [1.54, 1.807) is 0 Å². The second-order valence-electron chi connectivity index (χ2n) is 6.60. The van der Waals surface area contributed by atoms with Gasteiger partial charge >= 0.3 is 0 Å². The Morgan fingerprint density at radius 2 is 1.64 bits per heavy atom. The molecule has 0 saturated carbocycles. The van der Waals surface area contributed by atoms with Gasteiger partial charge < -0.3 is 10.1 Å². The Morgan fingerprint density at radius 1 is 0.821 bits per heavy atom. The predicted octanol–water partition coefficient (Wildman–Crippen LogP) is 5.76. The number of hydrogen-bond acceptors (Lipinski definition) is 3. The summed E-state index contributed by atoms with van der Waals surface area (Å²) in [4.78, 5) is 4.37. The van der Waals surface area contributed by atoms with Gasteiger partial charge in [-0.2, -0.15) is 0 Å². The number of halogens is 1. The van der Waals surface area contributed by atoms with E-state index in [-0.39, 0.29) is 0 Å². The van der Waals surface area contributed by atoms with Gasteiger partial charge in [0, 0.05) is 29.9 Å². The number of fused-ring (bicyclic) bond motifs is 1. The first kappa shape index (κ1) is 18.5. The van der Waals surface area contributed by atoms with E-state index in [4.69, 9.17) is 16.3 Å². The van der Waals surface area contributed by atoms with Crippen LogP contribution in [0.3, 0.4) is 0 Å². The van der Waals surface area contributed by atoms with Gasteiger partial charge in [-0.05, 0) is 46.7 Å². The molecule has 4 rings (SSSR count). The molecule has 0 atom stereocenters. The van der Waals surface area contributed by atoms with Gasteiger partial charge in [0.2, 0.25) is 0 Å². The summed E-state index contributed by atoms with van der Waals surface area (Å²) in [6, 6.07) is 26.2. The lowest BCUT2D eigenvalue weighted by atomic mass is 10.0. The van der Waals surface area contributed by atoms with Gasteiger partial charge in [-0.15, -0.1) is 0 Å². The molecule has 0 fully saturated rings. The Morgan fingerprint density at radius 3 is 2.46 bits per heavy atom. The third-order valence-electron chi connectivity index (χ3n) is 4.64. The summed E-state index contributed by atoms with van der Waals surface area (Å²) >= 11 is 5.97. The summed E-state index contributed by atoms with van der Waals surface area (Å²) in [5.41, 5.74) is 3.26. The van der Waals surface area contributed by atoms with Crippen LogP contribution in [0.1, 0.15) is 16.8 Å². The summed E-state index contributed by atoms with van der Waals surface area (Å²) < 4.78 is 6.18. The highest BCUT2D eigenvalue weighted by Gasteiger charge is 2.09. The summed E-state index contributed by atoms with van der Waals surface area (Å²) in [5.74, 6) is 0.891. The number of ether oxygens (including phenoxy) is 1. The van der Waals surface area contributed by atoms with Crippen LogP contribution in [0.5, 0.6) is 5.75 Å². The van der Waals surface area contributed by atoms with Gasteiger partial charge in [-0.25, -0.2) is 0 Å². The van der Waals surface area contributed by atoms with E-state index in [1.807, 2.05) is 48.7 Å². The molecule has 3 aromatic carbocycles. The van der Waals surface area contributed by atoms with Crippen LogP contribution in [0.15, 0.2) is 85.1 Å². The topological polar surface area (TPSA) is 34.1 Å². The van der Waals surface area contributed by atoms with Crippen LogP contribution < -0.4 is 10.1 Å². The first-order valence-corrected chi connectivity index (χ1v) is 9.66. The van der Waals surface area contributed by atoms with E-state index in [2.05, 4.69) is 46.7 Å². The summed E-state index contributed by atoms with van der Waals surface area (Å²) in [6.45, 7) is 1.91. The number of aromatic nitrogens is 1. The van der Waals surface area contributed by atoms with Crippen molar-refractivity contribution in [2.75, 3.05) is 0 Å². The lowest BCUT2D eigenvalue weighted by molar-refractivity contribution is 0.302. The Hall–Kier alpha value is -2.88. The van der Waals surface area contributed by atoms with Crippen LogP contribution in [-0.4, -0.2) is 4.98 Å². The normalized spacial score (nSPS) is 10.9. The summed E-state index contributed by atoms with van der Waals surface area (Å²) in [5, 5.41) is 6.63. The molecule has 140 valence electrons. The molecule has 1 aromatic heterocycles. The quantitative estimate of drug-likeness (QED) is 0.437. The molecule has 3 nitrogen and oxygen atoms in total. The number of nitrogens with zero attached hydrogens (tertiary/aromatic N) is 1. The molecular weight excluding hydrogens is 368 g/mol. The maximum Gasteiger partial charge on any atom is 0.124 e. The van der Waals surface area contributed by atoms with Crippen LogP contribution >= 0.6 is 11.6 Å². The molecule has 0 aliphatic carbocycles. The van der Waals surface area contributed by atoms with E-state index in [0.717, 1.165) is 27.6 Å². The zero-order chi connectivity index (χ0) is 19.2. The van der Waals surface area contributed by atoms with Crippen LogP contribution in [0.4, 0.5) is 0 Å². The van der Waals surface area contributed by atoms with E-state index >= 15 is 0 Å². The van der Waals surface area contributed by atoms with Crippen molar-refractivity contribution in [1.29, 1.82) is 0 Å². The molecule has 4 aromatic rings. The average molecular weight is 389 g/mol. The van der Waals surface area contributed by atoms with Gasteiger partial charge in [0.1, 0.15) is 12.4 Å². The molecule has 0 aliphatic rings. The first-order chi connectivity index (χ1) is 13.8. The van der Waals surface area contributed by atoms with Gasteiger partial charge in [0.15, 0.2) is 0 Å². The van der Waals surface area contributed by atoms with Gasteiger partial charge in [-0.1, -0.05) is 60.1 Å². The zero-order valence-corrected chi connectivity index (χ0v) is 16.2. The van der Waals surface area contributed by atoms with Crippen molar-refractivity contribution >= 4 is 22.4 Å². The number of pyridine rings is 1. The number of rotatable bonds is 7. The Labute approximate surface area is 170 Å². The fourth-order valence-electron chi connectivity index (χ4n) is 3.19. The van der Waals surface area contributed by atoms with Crippen molar-refractivity contribution < 1.29 is 4.74 Å². The second kappa shape index (κ2) is 8.87. The minimum atomic E-state index is 0.503. The highest BCUT2D eigenvalue weighted by Crippen LogP contribution is 2.29. The van der Waals surface area contributed by atoms with Crippen molar-refractivity contribution in [3.8, 4) is 5.75 Å². The van der Waals surface area contributed by atoms with Crippen molar-refractivity contribution in [3.05, 3.63) is 107 Å². The standard InChI is InChI=1S/C24H21ClN2O/c25-20-11-8-18(9-12-20)17-28-24-13-10-19-5-1-2-7-22(19)23(24)16-26-15-21-6-3-4-14-27-21/h1-14,26H,15-17H2. The van der Waals surface area contributed by atoms with Gasteiger partial charge in [-0.3, -0.25) is 4.98 Å². The summed E-state index contributed by atoms with van der Waals surface area (Å²) in [6.07, 6.45) is 1.82. The van der Waals surface area contributed by atoms with E-state index in [0.29, 0.717) is 19.7 Å². The Bertz CT molecular complexity index is 1050. The molecule has 0 bridgehead atoms. The molecule has 0 saturated heterocycles. The highest BCUT2D eigenvalue weighted by molar-refractivity contribution is 6.30. The van der Waals surface area contributed by atoms with Crippen molar-refractivity contribution in [2.24, 2.45) is 0 Å². The molecule has 0 radical (unpaired) electrons. The molecule has 1 heterocycles. The minimum absolute atomic E-state index is 0.503. The monoisotopic (exact) mass is 388 g/mol. The maximum absolute atomic E-state index is 6.18.